The molecule has 2 aromatic rings. The number of amidine groups is 1. The lowest BCUT2D eigenvalue weighted by molar-refractivity contribution is 0.425. The molecule has 1 aliphatic heterocycles. The maximum atomic E-state index is 13.2. The van der Waals surface area contributed by atoms with Crippen LogP contribution in [-0.2, 0) is 20.0 Å². The number of aromatic nitrogens is 3. The van der Waals surface area contributed by atoms with Gasteiger partial charge >= 0.3 is 0 Å². The Morgan fingerprint density at radius 1 is 1.42 bits per heavy atom. The first-order valence-electron chi connectivity index (χ1n) is 6.10. The standard InChI is InChI=1S/C13H14FN5/c1-18-8-16-17-12(18)4-5-19-7-9-2-3-10(14)6-11(9)13(19)15/h2-3,6,8,15H,4-5,7H2,1H3. The third-order valence-corrected chi connectivity index (χ3v) is 3.41. The molecule has 98 valence electrons. The zero-order valence-electron chi connectivity index (χ0n) is 10.6. The summed E-state index contributed by atoms with van der Waals surface area (Å²) in [7, 11) is 1.90. The molecule has 1 aromatic heterocycles. The van der Waals surface area contributed by atoms with Crippen LogP contribution in [0, 0.1) is 11.2 Å². The van der Waals surface area contributed by atoms with Crippen molar-refractivity contribution in [2.24, 2.45) is 7.05 Å². The Bertz CT molecular complexity index is 634. The minimum absolute atomic E-state index is 0.293. The predicted molar refractivity (Wildman–Crippen MR) is 68.3 cm³/mol. The Hall–Kier alpha value is -2.24. The first-order valence-corrected chi connectivity index (χ1v) is 6.10. The van der Waals surface area contributed by atoms with Gasteiger partial charge < -0.3 is 9.47 Å². The van der Waals surface area contributed by atoms with Crippen molar-refractivity contribution in [3.05, 3.63) is 47.3 Å². The van der Waals surface area contributed by atoms with Gasteiger partial charge in [-0.25, -0.2) is 4.39 Å². The molecule has 3 rings (SSSR count). The molecule has 1 aliphatic rings. The number of benzene rings is 1. The highest BCUT2D eigenvalue weighted by Gasteiger charge is 2.24. The fourth-order valence-corrected chi connectivity index (χ4v) is 2.32. The zero-order valence-corrected chi connectivity index (χ0v) is 10.6. The second kappa shape index (κ2) is 4.46. The van der Waals surface area contributed by atoms with Crippen molar-refractivity contribution in [3.63, 3.8) is 0 Å². The largest absolute Gasteiger partial charge is 0.352 e. The molecular weight excluding hydrogens is 245 g/mol. The van der Waals surface area contributed by atoms with Crippen molar-refractivity contribution in [1.29, 1.82) is 5.41 Å². The van der Waals surface area contributed by atoms with Crippen LogP contribution in [0.4, 0.5) is 4.39 Å². The molecule has 1 aromatic carbocycles. The molecule has 0 bridgehead atoms. The van der Waals surface area contributed by atoms with E-state index in [2.05, 4.69) is 10.2 Å². The maximum Gasteiger partial charge on any atom is 0.134 e. The Morgan fingerprint density at radius 3 is 3.00 bits per heavy atom. The predicted octanol–water partition coefficient (Wildman–Crippen LogP) is 1.34. The third-order valence-electron chi connectivity index (χ3n) is 3.41. The Morgan fingerprint density at radius 2 is 2.26 bits per heavy atom. The molecule has 2 heterocycles. The lowest BCUT2D eigenvalue weighted by atomic mass is 10.1. The average molecular weight is 259 g/mol. The van der Waals surface area contributed by atoms with Gasteiger partial charge in [0.05, 0.1) is 0 Å². The van der Waals surface area contributed by atoms with Gasteiger partial charge in [0.1, 0.15) is 23.8 Å². The summed E-state index contributed by atoms with van der Waals surface area (Å²) in [5, 5.41) is 15.9. The van der Waals surface area contributed by atoms with Crippen molar-refractivity contribution >= 4 is 5.84 Å². The van der Waals surface area contributed by atoms with Gasteiger partial charge in [0.25, 0.3) is 0 Å². The fourth-order valence-electron chi connectivity index (χ4n) is 2.32. The summed E-state index contributed by atoms with van der Waals surface area (Å²) >= 11 is 0. The molecular formula is C13H14FN5. The number of halogens is 1. The van der Waals surface area contributed by atoms with E-state index in [1.807, 2.05) is 16.5 Å². The highest BCUT2D eigenvalue weighted by Crippen LogP contribution is 2.23. The summed E-state index contributed by atoms with van der Waals surface area (Å²) in [6.45, 7) is 1.34. The van der Waals surface area contributed by atoms with Gasteiger partial charge in [-0.3, -0.25) is 5.41 Å². The minimum Gasteiger partial charge on any atom is -0.352 e. The van der Waals surface area contributed by atoms with E-state index in [-0.39, 0.29) is 5.82 Å². The second-order valence-corrected chi connectivity index (χ2v) is 4.68. The summed E-state index contributed by atoms with van der Waals surface area (Å²) < 4.78 is 15.1. The molecule has 0 unspecified atom stereocenters. The van der Waals surface area contributed by atoms with E-state index in [4.69, 9.17) is 5.41 Å². The third kappa shape index (κ3) is 2.09. The summed E-state index contributed by atoms with van der Waals surface area (Å²) in [6, 6.07) is 4.62. The second-order valence-electron chi connectivity index (χ2n) is 4.68. The van der Waals surface area contributed by atoms with E-state index in [9.17, 15) is 4.39 Å². The number of aryl methyl sites for hydroxylation is 1. The van der Waals surface area contributed by atoms with Crippen LogP contribution in [-0.4, -0.2) is 32.0 Å². The van der Waals surface area contributed by atoms with E-state index in [1.165, 1.54) is 12.1 Å². The van der Waals surface area contributed by atoms with E-state index < -0.39 is 0 Å². The molecule has 0 spiro atoms. The van der Waals surface area contributed by atoms with Gasteiger partial charge in [-0.1, -0.05) is 6.07 Å². The zero-order chi connectivity index (χ0) is 13.4. The van der Waals surface area contributed by atoms with Crippen LogP contribution in [0.5, 0.6) is 0 Å². The molecule has 0 aliphatic carbocycles. The molecule has 0 saturated heterocycles. The number of hydrogen-bond donors (Lipinski definition) is 1. The molecule has 0 amide bonds. The van der Waals surface area contributed by atoms with E-state index in [1.54, 1.807) is 12.4 Å². The molecule has 5 nitrogen and oxygen atoms in total. The number of rotatable bonds is 3. The molecule has 0 atom stereocenters. The SMILES string of the molecule is Cn1cnnc1CCN1Cc2ccc(F)cc2C1=N. The highest BCUT2D eigenvalue weighted by atomic mass is 19.1. The van der Waals surface area contributed by atoms with Crippen LogP contribution < -0.4 is 0 Å². The van der Waals surface area contributed by atoms with Gasteiger partial charge in [0.2, 0.25) is 0 Å². The number of nitrogens with one attached hydrogen (secondary N) is 1. The van der Waals surface area contributed by atoms with E-state index in [0.29, 0.717) is 24.5 Å². The van der Waals surface area contributed by atoms with Gasteiger partial charge in [-0.05, 0) is 17.7 Å². The summed E-state index contributed by atoms with van der Waals surface area (Å²) in [5.41, 5.74) is 1.70. The van der Waals surface area contributed by atoms with Crippen LogP contribution in [0.2, 0.25) is 0 Å². The topological polar surface area (TPSA) is 57.8 Å². The van der Waals surface area contributed by atoms with Crippen LogP contribution in [0.3, 0.4) is 0 Å². The molecule has 0 saturated carbocycles. The normalized spacial score (nSPS) is 14.0. The first kappa shape index (κ1) is 11.8. The fraction of sp³-hybridized carbons (Fsp3) is 0.308. The van der Waals surface area contributed by atoms with Crippen LogP contribution >= 0.6 is 0 Å². The highest BCUT2D eigenvalue weighted by molar-refractivity contribution is 6.00. The molecule has 6 heteroatoms. The van der Waals surface area contributed by atoms with Crippen molar-refractivity contribution in [2.75, 3.05) is 6.54 Å². The number of fused-ring (bicyclic) bond motifs is 1. The van der Waals surface area contributed by atoms with E-state index >= 15 is 0 Å². The Kier molecular flexibility index (Phi) is 2.77. The Labute approximate surface area is 110 Å². The van der Waals surface area contributed by atoms with Gasteiger partial charge in [0, 0.05) is 32.1 Å². The number of nitrogens with zero attached hydrogens (tertiary/aromatic N) is 4. The summed E-state index contributed by atoms with van der Waals surface area (Å²) in [6.07, 6.45) is 2.38. The molecule has 19 heavy (non-hydrogen) atoms. The first-order chi connectivity index (χ1) is 9.15. The van der Waals surface area contributed by atoms with Crippen molar-refractivity contribution in [2.45, 2.75) is 13.0 Å². The molecule has 0 radical (unpaired) electrons. The van der Waals surface area contributed by atoms with Crippen molar-refractivity contribution in [3.8, 4) is 0 Å². The maximum absolute atomic E-state index is 13.2. The smallest absolute Gasteiger partial charge is 0.134 e. The van der Waals surface area contributed by atoms with Crippen LogP contribution in [0.15, 0.2) is 24.5 Å². The van der Waals surface area contributed by atoms with Crippen molar-refractivity contribution < 1.29 is 4.39 Å². The summed E-state index contributed by atoms with van der Waals surface area (Å²) in [5.74, 6) is 0.977. The average Bonchev–Trinajstić information content (AvgIpc) is 2.93. The van der Waals surface area contributed by atoms with Crippen molar-refractivity contribution in [1.82, 2.24) is 19.7 Å². The van der Waals surface area contributed by atoms with E-state index in [0.717, 1.165) is 17.8 Å². The molecule has 0 fully saturated rings. The monoisotopic (exact) mass is 259 g/mol. The van der Waals surface area contributed by atoms with Crippen LogP contribution in [0.1, 0.15) is 17.0 Å². The van der Waals surface area contributed by atoms with Crippen LogP contribution in [0.25, 0.3) is 0 Å². The van der Waals surface area contributed by atoms with Gasteiger partial charge in [-0.2, -0.15) is 0 Å². The quantitative estimate of drug-likeness (QED) is 0.905. The number of hydrogen-bond acceptors (Lipinski definition) is 3. The van der Waals surface area contributed by atoms with Gasteiger partial charge in [0.15, 0.2) is 0 Å². The summed E-state index contributed by atoms with van der Waals surface area (Å²) in [4.78, 5) is 1.93. The lowest BCUT2D eigenvalue weighted by Gasteiger charge is -2.17. The minimum atomic E-state index is -0.293. The lowest BCUT2D eigenvalue weighted by Crippen LogP contribution is -2.27. The Balaban J connectivity index is 1.72. The molecule has 1 N–H and O–H groups in total. The van der Waals surface area contributed by atoms with Gasteiger partial charge in [-0.15, -0.1) is 10.2 Å².